The lowest BCUT2D eigenvalue weighted by Crippen LogP contribution is -2.79. The summed E-state index contributed by atoms with van der Waals surface area (Å²) in [4.78, 5) is 41.5. The fourth-order valence-electron chi connectivity index (χ4n) is 9.06. The maximum absolute atomic E-state index is 13.6. The van der Waals surface area contributed by atoms with Crippen LogP contribution in [0.15, 0.2) is 12.1 Å². The third-order valence-corrected chi connectivity index (χ3v) is 9.71. The van der Waals surface area contributed by atoms with E-state index in [0.717, 1.165) is 44.3 Å². The van der Waals surface area contributed by atoms with Crippen molar-refractivity contribution in [3.63, 3.8) is 0 Å². The van der Waals surface area contributed by atoms with E-state index in [1.165, 1.54) is 14.2 Å². The summed E-state index contributed by atoms with van der Waals surface area (Å²) in [6.07, 6.45) is 4.96. The number of nitrogens with zero attached hydrogens (tertiary/aromatic N) is 2. The van der Waals surface area contributed by atoms with Crippen LogP contribution in [0.25, 0.3) is 0 Å². The van der Waals surface area contributed by atoms with Gasteiger partial charge in [-0.05, 0) is 68.7 Å². The summed E-state index contributed by atoms with van der Waals surface area (Å²) in [7, 11) is 2.75. The molecule has 9 heteroatoms. The Balaban J connectivity index is 1.56. The van der Waals surface area contributed by atoms with Crippen LogP contribution < -0.4 is 14.4 Å². The van der Waals surface area contributed by atoms with Crippen LogP contribution in [-0.4, -0.2) is 62.6 Å². The van der Waals surface area contributed by atoms with Gasteiger partial charge in [-0.25, -0.2) is 9.59 Å². The average Bonchev–Trinajstić information content (AvgIpc) is 3.53. The highest BCUT2D eigenvalue weighted by molar-refractivity contribution is 6.00. The van der Waals surface area contributed by atoms with Crippen molar-refractivity contribution in [3.05, 3.63) is 17.7 Å². The Hall–Kier alpha value is -2.52. The van der Waals surface area contributed by atoms with E-state index in [4.69, 9.17) is 24.0 Å². The molecule has 176 valence electrons. The normalized spacial score (nSPS) is 39.2. The van der Waals surface area contributed by atoms with Gasteiger partial charge in [-0.15, -0.1) is 0 Å². The Labute approximate surface area is 191 Å². The molecule has 8 rings (SSSR count). The van der Waals surface area contributed by atoms with E-state index in [0.29, 0.717) is 30.0 Å². The molecule has 2 bridgehead atoms. The summed E-state index contributed by atoms with van der Waals surface area (Å²) in [5.41, 5.74) is 0.569. The van der Waals surface area contributed by atoms with Gasteiger partial charge in [0.1, 0.15) is 0 Å². The molecule has 4 aliphatic heterocycles. The van der Waals surface area contributed by atoms with E-state index in [1.807, 2.05) is 6.07 Å². The van der Waals surface area contributed by atoms with Crippen LogP contribution in [0.4, 0.5) is 10.5 Å². The summed E-state index contributed by atoms with van der Waals surface area (Å²) >= 11 is 0. The van der Waals surface area contributed by atoms with Crippen molar-refractivity contribution in [2.75, 3.05) is 39.0 Å². The van der Waals surface area contributed by atoms with E-state index >= 15 is 0 Å². The van der Waals surface area contributed by atoms with Crippen molar-refractivity contribution >= 4 is 17.7 Å². The Bertz CT molecular complexity index is 1080. The summed E-state index contributed by atoms with van der Waals surface area (Å²) < 4.78 is 17.0. The quantitative estimate of drug-likeness (QED) is 0.496. The minimum atomic E-state index is -0.808. The monoisotopic (exact) mass is 456 g/mol. The molecule has 0 aromatic heterocycles. The standard InChI is InChI=1S/C24H28N2O7/c1-29-21(28)26-17-14(4-5-16-18(17)32-13-31-16)23-9-11-25-10-3-6-22(20(23)25)7-8-24(23,26)15(12-22)19(27)33-30-2/h4-5,15,20H,3,6-13H2,1-2H3. The molecule has 5 unspecified atom stereocenters. The molecule has 5 atom stereocenters. The molecule has 1 aromatic rings. The van der Waals surface area contributed by atoms with Gasteiger partial charge in [-0.2, -0.15) is 4.89 Å². The van der Waals surface area contributed by atoms with Crippen LogP contribution in [0, 0.1) is 11.3 Å². The van der Waals surface area contributed by atoms with Crippen molar-refractivity contribution < 1.29 is 33.6 Å². The number of amides is 1. The van der Waals surface area contributed by atoms with Crippen molar-refractivity contribution in [3.8, 4) is 11.5 Å². The van der Waals surface area contributed by atoms with Crippen LogP contribution in [0.1, 0.15) is 44.1 Å². The number of hydrogen-bond acceptors (Lipinski definition) is 8. The van der Waals surface area contributed by atoms with Crippen molar-refractivity contribution in [1.82, 2.24) is 4.90 Å². The third-order valence-electron chi connectivity index (χ3n) is 9.71. The van der Waals surface area contributed by atoms with Crippen molar-refractivity contribution in [2.24, 2.45) is 11.3 Å². The third kappa shape index (κ3) is 2.00. The highest BCUT2D eigenvalue weighted by Crippen LogP contribution is 2.77. The first-order valence-electron chi connectivity index (χ1n) is 11.8. The lowest BCUT2D eigenvalue weighted by molar-refractivity contribution is -0.268. The topological polar surface area (TPSA) is 86.8 Å². The van der Waals surface area contributed by atoms with Gasteiger partial charge in [0.2, 0.25) is 6.79 Å². The molecule has 3 aliphatic carbocycles. The predicted octanol–water partition coefficient (Wildman–Crippen LogP) is 2.75. The molecule has 3 spiro atoms. The second-order valence-corrected chi connectivity index (χ2v) is 10.4. The highest BCUT2D eigenvalue weighted by atomic mass is 17.2. The molecule has 33 heavy (non-hydrogen) atoms. The minimum Gasteiger partial charge on any atom is -0.454 e. The van der Waals surface area contributed by atoms with Crippen LogP contribution in [-0.2, 0) is 24.7 Å². The Morgan fingerprint density at radius 2 is 1.97 bits per heavy atom. The Morgan fingerprint density at radius 1 is 1.09 bits per heavy atom. The van der Waals surface area contributed by atoms with E-state index < -0.39 is 28.9 Å². The van der Waals surface area contributed by atoms with Gasteiger partial charge in [0.15, 0.2) is 11.5 Å². The lowest BCUT2D eigenvalue weighted by atomic mass is 9.38. The van der Waals surface area contributed by atoms with Gasteiger partial charge < -0.3 is 14.2 Å². The maximum Gasteiger partial charge on any atom is 0.414 e. The molecule has 9 nitrogen and oxygen atoms in total. The average molecular weight is 456 g/mol. The zero-order valence-electron chi connectivity index (χ0n) is 18.9. The fraction of sp³-hybridized carbons (Fsp3) is 0.667. The molecule has 0 radical (unpaired) electrons. The van der Waals surface area contributed by atoms with Gasteiger partial charge in [-0.1, -0.05) is 6.07 Å². The second-order valence-electron chi connectivity index (χ2n) is 10.4. The predicted molar refractivity (Wildman–Crippen MR) is 114 cm³/mol. The number of methoxy groups -OCH3 is 1. The largest absolute Gasteiger partial charge is 0.454 e. The van der Waals surface area contributed by atoms with Crippen molar-refractivity contribution in [1.29, 1.82) is 0 Å². The lowest BCUT2D eigenvalue weighted by Gasteiger charge is -2.69. The Kier molecular flexibility index (Phi) is 3.82. The number of ether oxygens (including phenoxy) is 3. The first kappa shape index (κ1) is 19.9. The SMILES string of the molecule is COOC(=O)C1CC23CCCN4CCC5(c6ccc7c(c6N(C(=O)OC)C15CC2)OCO7)C43. The zero-order chi connectivity index (χ0) is 22.6. The molecule has 1 aromatic carbocycles. The van der Waals surface area contributed by atoms with Gasteiger partial charge in [0.25, 0.3) is 0 Å². The number of anilines is 1. The molecule has 0 N–H and O–H groups in total. The van der Waals surface area contributed by atoms with Crippen LogP contribution >= 0.6 is 0 Å². The molecular weight excluding hydrogens is 428 g/mol. The van der Waals surface area contributed by atoms with E-state index in [1.54, 1.807) is 4.90 Å². The van der Waals surface area contributed by atoms with E-state index in [-0.39, 0.29) is 18.2 Å². The molecule has 1 amide bonds. The molecular formula is C24H28N2O7. The van der Waals surface area contributed by atoms with Crippen molar-refractivity contribution in [2.45, 2.75) is 55.5 Å². The molecule has 2 saturated heterocycles. The summed E-state index contributed by atoms with van der Waals surface area (Å²) in [6, 6.07) is 4.30. The smallest absolute Gasteiger partial charge is 0.414 e. The van der Waals surface area contributed by atoms with Crippen LogP contribution in [0.2, 0.25) is 0 Å². The van der Waals surface area contributed by atoms with Gasteiger partial charge in [-0.3, -0.25) is 14.7 Å². The van der Waals surface area contributed by atoms with E-state index in [9.17, 15) is 9.59 Å². The Morgan fingerprint density at radius 3 is 2.79 bits per heavy atom. The van der Waals surface area contributed by atoms with E-state index in [2.05, 4.69) is 11.0 Å². The second kappa shape index (κ2) is 6.33. The number of carbonyl (C=O) groups excluding carboxylic acids is 2. The number of hydrogen-bond donors (Lipinski definition) is 0. The number of fused-ring (bicyclic) bond motifs is 5. The number of piperidine rings is 1. The summed E-state index contributed by atoms with van der Waals surface area (Å²) in [5.74, 6) is 0.258. The van der Waals surface area contributed by atoms with Crippen LogP contribution in [0.5, 0.6) is 11.5 Å². The van der Waals surface area contributed by atoms with Gasteiger partial charge >= 0.3 is 12.1 Å². The summed E-state index contributed by atoms with van der Waals surface area (Å²) in [6.45, 7) is 2.11. The zero-order valence-corrected chi connectivity index (χ0v) is 18.9. The van der Waals surface area contributed by atoms with Gasteiger partial charge in [0, 0.05) is 11.5 Å². The van der Waals surface area contributed by atoms with Gasteiger partial charge in [0.05, 0.1) is 31.4 Å². The number of benzene rings is 1. The minimum absolute atomic E-state index is 0.00764. The molecule has 7 aliphatic rings. The first-order chi connectivity index (χ1) is 16.0. The number of rotatable bonds is 2. The maximum atomic E-state index is 13.6. The molecule has 4 heterocycles. The highest BCUT2D eigenvalue weighted by Gasteiger charge is 2.82. The van der Waals surface area contributed by atoms with Crippen LogP contribution in [0.3, 0.4) is 0 Å². The number of carbonyl (C=O) groups is 2. The molecule has 5 fully saturated rings. The first-order valence-corrected chi connectivity index (χ1v) is 11.8. The fourth-order valence-corrected chi connectivity index (χ4v) is 9.06. The molecule has 3 saturated carbocycles. The summed E-state index contributed by atoms with van der Waals surface area (Å²) in [5, 5.41) is 0.